The lowest BCUT2D eigenvalue weighted by atomic mass is 10.2. The van der Waals surface area contributed by atoms with Crippen molar-refractivity contribution in [1.82, 2.24) is 5.43 Å². The van der Waals surface area contributed by atoms with Crippen molar-refractivity contribution in [3.8, 4) is 11.5 Å². The van der Waals surface area contributed by atoms with E-state index < -0.39 is 5.91 Å². The summed E-state index contributed by atoms with van der Waals surface area (Å²) in [5, 5.41) is 4.40. The molecule has 23 heavy (non-hydrogen) atoms. The van der Waals surface area contributed by atoms with Crippen LogP contribution in [-0.4, -0.2) is 25.8 Å². The summed E-state index contributed by atoms with van der Waals surface area (Å²) in [6.45, 7) is -0.183. The molecule has 2 aromatic carbocycles. The minimum absolute atomic E-state index is 0.183. The zero-order valence-electron chi connectivity index (χ0n) is 12.3. The van der Waals surface area contributed by atoms with Crippen molar-refractivity contribution in [3.05, 3.63) is 57.5 Å². The second-order valence-electron chi connectivity index (χ2n) is 4.40. The average Bonchev–Trinajstić information content (AvgIpc) is 2.55. The van der Waals surface area contributed by atoms with Crippen molar-refractivity contribution >= 4 is 39.7 Å². The Morgan fingerprint density at radius 3 is 2.83 bits per heavy atom. The first-order valence-electron chi connectivity index (χ1n) is 6.63. The van der Waals surface area contributed by atoms with Crippen molar-refractivity contribution < 1.29 is 14.3 Å². The van der Waals surface area contributed by atoms with Crippen LogP contribution in [0, 0.1) is 0 Å². The number of amides is 1. The Morgan fingerprint density at radius 2 is 2.09 bits per heavy atom. The number of carbonyl (C=O) groups is 1. The molecule has 0 heterocycles. The van der Waals surface area contributed by atoms with Crippen molar-refractivity contribution in [2.75, 3.05) is 13.7 Å². The van der Waals surface area contributed by atoms with E-state index in [2.05, 4.69) is 26.5 Å². The van der Waals surface area contributed by atoms with Gasteiger partial charge in [-0.3, -0.25) is 4.79 Å². The molecule has 0 aliphatic rings. The molecule has 0 saturated heterocycles. The normalized spacial score (nSPS) is 10.6. The smallest absolute Gasteiger partial charge is 0.277 e. The second-order valence-corrected chi connectivity index (χ2v) is 5.72. The molecule has 0 fully saturated rings. The van der Waals surface area contributed by atoms with E-state index in [0.29, 0.717) is 22.1 Å². The molecule has 2 rings (SSSR count). The van der Waals surface area contributed by atoms with Crippen LogP contribution >= 0.6 is 27.5 Å². The number of carbonyl (C=O) groups excluding carboxylic acids is 1. The number of methoxy groups -OCH3 is 1. The summed E-state index contributed by atoms with van der Waals surface area (Å²) in [5.74, 6) is 0.617. The summed E-state index contributed by atoms with van der Waals surface area (Å²) in [6, 6.07) is 12.4. The predicted octanol–water partition coefficient (Wildman–Crippen LogP) is 3.64. The fourth-order valence-corrected chi connectivity index (χ4v) is 2.21. The third-order valence-corrected chi connectivity index (χ3v) is 3.62. The molecule has 1 N–H and O–H groups in total. The Morgan fingerprint density at radius 1 is 1.30 bits per heavy atom. The van der Waals surface area contributed by atoms with Gasteiger partial charge in [-0.1, -0.05) is 45.7 Å². The SMILES string of the molecule is COc1cc(Br)ccc1OCC(=O)N/N=C\c1ccccc1Cl. The molecule has 2 aromatic rings. The number of hydrogen-bond acceptors (Lipinski definition) is 4. The molecule has 0 bridgehead atoms. The van der Waals surface area contributed by atoms with Crippen LogP contribution in [0.4, 0.5) is 0 Å². The van der Waals surface area contributed by atoms with Gasteiger partial charge in [0.1, 0.15) is 0 Å². The molecule has 0 saturated carbocycles. The van der Waals surface area contributed by atoms with Crippen LogP contribution in [0.2, 0.25) is 5.02 Å². The van der Waals surface area contributed by atoms with E-state index in [1.54, 1.807) is 30.3 Å². The first kappa shape index (κ1) is 17.3. The van der Waals surface area contributed by atoms with Gasteiger partial charge in [0.25, 0.3) is 5.91 Å². The Hall–Kier alpha value is -2.05. The average molecular weight is 398 g/mol. The van der Waals surface area contributed by atoms with Crippen LogP contribution in [0.15, 0.2) is 52.0 Å². The maximum absolute atomic E-state index is 11.7. The quantitative estimate of drug-likeness (QED) is 0.598. The number of ether oxygens (including phenoxy) is 2. The standard InChI is InChI=1S/C16H14BrClN2O3/c1-22-15-8-12(17)6-7-14(15)23-10-16(21)20-19-9-11-4-2-3-5-13(11)18/h2-9H,10H2,1H3,(H,20,21)/b19-9-. The first-order chi connectivity index (χ1) is 11.1. The van der Waals surface area contributed by atoms with Crippen molar-refractivity contribution in [1.29, 1.82) is 0 Å². The molecular weight excluding hydrogens is 384 g/mol. The molecule has 0 unspecified atom stereocenters. The van der Waals surface area contributed by atoms with Gasteiger partial charge in [0, 0.05) is 15.1 Å². The number of hydrogen-bond donors (Lipinski definition) is 1. The summed E-state index contributed by atoms with van der Waals surface area (Å²) in [6.07, 6.45) is 1.47. The zero-order valence-corrected chi connectivity index (χ0v) is 14.6. The molecule has 5 nitrogen and oxygen atoms in total. The van der Waals surface area contributed by atoms with Crippen LogP contribution in [-0.2, 0) is 4.79 Å². The van der Waals surface area contributed by atoms with E-state index in [9.17, 15) is 4.79 Å². The number of nitrogens with one attached hydrogen (secondary N) is 1. The first-order valence-corrected chi connectivity index (χ1v) is 7.80. The molecule has 0 aliphatic carbocycles. The van der Waals surface area contributed by atoms with Gasteiger partial charge < -0.3 is 9.47 Å². The van der Waals surface area contributed by atoms with Crippen LogP contribution in [0.25, 0.3) is 0 Å². The molecule has 0 spiro atoms. The van der Waals surface area contributed by atoms with Crippen molar-refractivity contribution in [2.45, 2.75) is 0 Å². The van der Waals surface area contributed by atoms with Crippen LogP contribution in [0.5, 0.6) is 11.5 Å². The summed E-state index contributed by atoms with van der Waals surface area (Å²) in [7, 11) is 1.53. The molecular formula is C16H14BrClN2O3. The van der Waals surface area contributed by atoms with Gasteiger partial charge in [-0.05, 0) is 24.3 Å². The van der Waals surface area contributed by atoms with Crippen LogP contribution < -0.4 is 14.9 Å². The topological polar surface area (TPSA) is 59.9 Å². The van der Waals surface area contributed by atoms with Gasteiger partial charge in [-0.25, -0.2) is 5.43 Å². The lowest BCUT2D eigenvalue weighted by molar-refractivity contribution is -0.123. The minimum Gasteiger partial charge on any atom is -0.493 e. The van der Waals surface area contributed by atoms with E-state index in [1.807, 2.05) is 12.1 Å². The van der Waals surface area contributed by atoms with Gasteiger partial charge in [-0.15, -0.1) is 0 Å². The summed E-state index contributed by atoms with van der Waals surface area (Å²) in [5.41, 5.74) is 3.09. The number of nitrogens with zero attached hydrogens (tertiary/aromatic N) is 1. The Bertz CT molecular complexity index is 722. The number of halogens is 2. The third kappa shape index (κ3) is 5.26. The third-order valence-electron chi connectivity index (χ3n) is 2.78. The molecule has 7 heteroatoms. The van der Waals surface area contributed by atoms with E-state index in [0.717, 1.165) is 4.47 Å². The highest BCUT2D eigenvalue weighted by atomic mass is 79.9. The maximum atomic E-state index is 11.7. The van der Waals surface area contributed by atoms with Gasteiger partial charge >= 0.3 is 0 Å². The highest BCUT2D eigenvalue weighted by Crippen LogP contribution is 2.29. The van der Waals surface area contributed by atoms with Crippen LogP contribution in [0.3, 0.4) is 0 Å². The Labute approximate surface area is 147 Å². The van der Waals surface area contributed by atoms with E-state index in [4.69, 9.17) is 21.1 Å². The maximum Gasteiger partial charge on any atom is 0.277 e. The molecule has 1 amide bonds. The predicted molar refractivity (Wildman–Crippen MR) is 93.4 cm³/mol. The number of rotatable bonds is 6. The molecule has 0 aromatic heterocycles. The monoisotopic (exact) mass is 396 g/mol. The zero-order chi connectivity index (χ0) is 16.7. The summed E-state index contributed by atoms with van der Waals surface area (Å²) < 4.78 is 11.5. The highest BCUT2D eigenvalue weighted by Gasteiger charge is 2.07. The molecule has 0 aliphatic heterocycles. The van der Waals surface area contributed by atoms with Crippen LogP contribution in [0.1, 0.15) is 5.56 Å². The summed E-state index contributed by atoms with van der Waals surface area (Å²) in [4.78, 5) is 11.7. The molecule has 120 valence electrons. The number of benzene rings is 2. The van der Waals surface area contributed by atoms with Gasteiger partial charge in [0.2, 0.25) is 0 Å². The fourth-order valence-electron chi connectivity index (χ4n) is 1.69. The van der Waals surface area contributed by atoms with Crippen molar-refractivity contribution in [3.63, 3.8) is 0 Å². The lowest BCUT2D eigenvalue weighted by Gasteiger charge is -2.10. The number of hydrazone groups is 1. The van der Waals surface area contributed by atoms with E-state index >= 15 is 0 Å². The van der Waals surface area contributed by atoms with E-state index in [1.165, 1.54) is 13.3 Å². The van der Waals surface area contributed by atoms with Gasteiger partial charge in [0.15, 0.2) is 18.1 Å². The Kier molecular flexibility index (Phi) is 6.43. The lowest BCUT2D eigenvalue weighted by Crippen LogP contribution is -2.24. The minimum atomic E-state index is -0.390. The molecule has 0 atom stereocenters. The highest BCUT2D eigenvalue weighted by molar-refractivity contribution is 9.10. The van der Waals surface area contributed by atoms with Gasteiger partial charge in [-0.2, -0.15) is 5.10 Å². The van der Waals surface area contributed by atoms with Crippen molar-refractivity contribution in [2.24, 2.45) is 5.10 Å². The summed E-state index contributed by atoms with van der Waals surface area (Å²) >= 11 is 9.32. The largest absolute Gasteiger partial charge is 0.493 e. The van der Waals surface area contributed by atoms with Gasteiger partial charge in [0.05, 0.1) is 13.3 Å². The molecule has 0 radical (unpaired) electrons. The van der Waals surface area contributed by atoms with E-state index in [-0.39, 0.29) is 6.61 Å². The second kappa shape index (κ2) is 8.55. The Balaban J connectivity index is 1.87. The fraction of sp³-hybridized carbons (Fsp3) is 0.125.